The minimum Gasteiger partial charge on any atom is -0.337 e. The first-order valence-electron chi connectivity index (χ1n) is 5.86. The Balaban J connectivity index is 2.06. The maximum absolute atomic E-state index is 4.36. The average molecular weight is 233 g/mol. The lowest BCUT2D eigenvalue weighted by atomic mass is 10.4. The zero-order chi connectivity index (χ0) is 12.3. The van der Waals surface area contributed by atoms with E-state index in [4.69, 9.17) is 0 Å². The number of rotatable bonds is 5. The topological polar surface area (TPSA) is 47.7 Å². The normalized spacial score (nSPS) is 11.3. The number of hydrogen-bond donors (Lipinski definition) is 1. The van der Waals surface area contributed by atoms with Gasteiger partial charge >= 0.3 is 0 Å². The molecule has 2 heterocycles. The predicted molar refractivity (Wildman–Crippen MR) is 66.5 cm³/mol. The highest BCUT2D eigenvalue weighted by Crippen LogP contribution is 2.03. The fourth-order valence-corrected chi connectivity index (χ4v) is 1.65. The number of aryl methyl sites for hydroxylation is 1. The van der Waals surface area contributed by atoms with Crippen LogP contribution < -0.4 is 5.32 Å². The Bertz CT molecular complexity index is 469. The zero-order valence-electron chi connectivity index (χ0n) is 10.6. The highest BCUT2D eigenvalue weighted by Gasteiger charge is 2.06. The monoisotopic (exact) mass is 233 g/mol. The van der Waals surface area contributed by atoms with Gasteiger partial charge in [-0.2, -0.15) is 0 Å². The van der Waals surface area contributed by atoms with Gasteiger partial charge in [-0.15, -0.1) is 0 Å². The largest absolute Gasteiger partial charge is 0.337 e. The number of hydrogen-bond acceptors (Lipinski definition) is 3. The Hall–Kier alpha value is -1.62. The molecule has 1 N–H and O–H groups in total. The van der Waals surface area contributed by atoms with Crippen LogP contribution in [0, 0.1) is 0 Å². The molecule has 2 aromatic heterocycles. The van der Waals surface area contributed by atoms with E-state index in [-0.39, 0.29) is 0 Å². The molecular weight excluding hydrogens is 214 g/mol. The summed E-state index contributed by atoms with van der Waals surface area (Å²) >= 11 is 0. The Kier molecular flexibility index (Phi) is 3.58. The van der Waals surface area contributed by atoms with Crippen molar-refractivity contribution in [1.82, 2.24) is 24.4 Å². The summed E-state index contributed by atoms with van der Waals surface area (Å²) in [7, 11) is 2.01. The minimum absolute atomic E-state index is 0.466. The summed E-state index contributed by atoms with van der Waals surface area (Å²) in [4.78, 5) is 8.68. The molecule has 0 spiro atoms. The van der Waals surface area contributed by atoms with Gasteiger partial charge in [-0.1, -0.05) is 13.8 Å². The van der Waals surface area contributed by atoms with Gasteiger partial charge in [0.05, 0.1) is 13.1 Å². The Morgan fingerprint density at radius 2 is 1.88 bits per heavy atom. The third-order valence-electron chi connectivity index (χ3n) is 2.70. The van der Waals surface area contributed by atoms with Crippen molar-refractivity contribution in [2.24, 2.45) is 7.05 Å². The second-order valence-electron chi connectivity index (χ2n) is 4.46. The van der Waals surface area contributed by atoms with Crippen LogP contribution in [0.25, 0.3) is 0 Å². The van der Waals surface area contributed by atoms with Gasteiger partial charge in [0.25, 0.3) is 0 Å². The molecule has 2 rings (SSSR count). The van der Waals surface area contributed by atoms with Gasteiger partial charge in [0.15, 0.2) is 0 Å². The van der Waals surface area contributed by atoms with Crippen molar-refractivity contribution in [3.05, 3.63) is 36.4 Å². The quantitative estimate of drug-likeness (QED) is 0.843. The summed E-state index contributed by atoms with van der Waals surface area (Å²) in [6.45, 7) is 5.81. The van der Waals surface area contributed by atoms with E-state index in [0.29, 0.717) is 6.04 Å². The van der Waals surface area contributed by atoms with Crippen molar-refractivity contribution in [2.45, 2.75) is 33.0 Å². The van der Waals surface area contributed by atoms with Crippen LogP contribution in [-0.4, -0.2) is 25.1 Å². The minimum atomic E-state index is 0.466. The van der Waals surface area contributed by atoms with Crippen LogP contribution in [0.15, 0.2) is 24.8 Å². The van der Waals surface area contributed by atoms with Gasteiger partial charge in [-0.05, 0) is 0 Å². The van der Waals surface area contributed by atoms with Crippen LogP contribution in [0.2, 0.25) is 0 Å². The average Bonchev–Trinajstić information content (AvgIpc) is 2.87. The molecule has 17 heavy (non-hydrogen) atoms. The third-order valence-corrected chi connectivity index (χ3v) is 2.70. The maximum Gasteiger partial charge on any atom is 0.128 e. The van der Waals surface area contributed by atoms with E-state index in [1.807, 2.05) is 36.4 Å². The molecule has 0 saturated heterocycles. The third kappa shape index (κ3) is 2.94. The second kappa shape index (κ2) is 5.14. The van der Waals surface area contributed by atoms with Gasteiger partial charge in [-0.25, -0.2) is 9.97 Å². The summed E-state index contributed by atoms with van der Waals surface area (Å²) in [6.07, 6.45) is 7.60. The fraction of sp³-hybridized carbons (Fsp3) is 0.500. The molecular formula is C12H19N5. The van der Waals surface area contributed by atoms with Gasteiger partial charge in [0.1, 0.15) is 11.6 Å². The first-order valence-corrected chi connectivity index (χ1v) is 5.86. The van der Waals surface area contributed by atoms with Crippen LogP contribution in [0.3, 0.4) is 0 Å². The van der Waals surface area contributed by atoms with Gasteiger partial charge in [0, 0.05) is 37.9 Å². The number of aromatic nitrogens is 4. The highest BCUT2D eigenvalue weighted by molar-refractivity contribution is 4.99. The molecule has 92 valence electrons. The standard InChI is InChI=1S/C12H19N5/c1-10(2)15-8-11-13-5-7-17(11)9-12-14-4-6-16(12)3/h4-7,10,15H,8-9H2,1-3H3. The zero-order valence-corrected chi connectivity index (χ0v) is 10.6. The van der Waals surface area contributed by atoms with E-state index in [9.17, 15) is 0 Å². The summed E-state index contributed by atoms with van der Waals surface area (Å²) in [5.41, 5.74) is 0. The molecule has 0 unspecified atom stereocenters. The first kappa shape index (κ1) is 11.9. The van der Waals surface area contributed by atoms with Crippen molar-refractivity contribution in [1.29, 1.82) is 0 Å². The van der Waals surface area contributed by atoms with Crippen molar-refractivity contribution in [3.8, 4) is 0 Å². The molecule has 2 aromatic rings. The van der Waals surface area contributed by atoms with Gasteiger partial charge in [-0.3, -0.25) is 0 Å². The van der Waals surface area contributed by atoms with Crippen molar-refractivity contribution in [2.75, 3.05) is 0 Å². The molecule has 0 aromatic carbocycles. The molecule has 0 amide bonds. The molecule has 5 heteroatoms. The summed E-state index contributed by atoms with van der Waals surface area (Å²) in [6, 6.07) is 0.466. The van der Waals surface area contributed by atoms with Crippen LogP contribution in [-0.2, 0) is 20.1 Å². The lowest BCUT2D eigenvalue weighted by Crippen LogP contribution is -2.24. The predicted octanol–water partition coefficient (Wildman–Crippen LogP) is 1.16. The van der Waals surface area contributed by atoms with E-state index >= 15 is 0 Å². The molecule has 0 aliphatic carbocycles. The van der Waals surface area contributed by atoms with Crippen molar-refractivity contribution < 1.29 is 0 Å². The summed E-state index contributed by atoms with van der Waals surface area (Å²) in [5, 5.41) is 3.37. The Morgan fingerprint density at radius 3 is 2.53 bits per heavy atom. The lowest BCUT2D eigenvalue weighted by molar-refractivity contribution is 0.549. The van der Waals surface area contributed by atoms with Gasteiger partial charge in [0.2, 0.25) is 0 Å². The fourth-order valence-electron chi connectivity index (χ4n) is 1.65. The van der Waals surface area contributed by atoms with Gasteiger partial charge < -0.3 is 14.5 Å². The summed E-state index contributed by atoms with van der Waals surface area (Å²) < 4.78 is 4.15. The first-order chi connectivity index (χ1) is 8.16. The summed E-state index contributed by atoms with van der Waals surface area (Å²) in [5.74, 6) is 2.08. The molecule has 0 bridgehead atoms. The highest BCUT2D eigenvalue weighted by atomic mass is 15.1. The smallest absolute Gasteiger partial charge is 0.128 e. The lowest BCUT2D eigenvalue weighted by Gasteiger charge is -2.10. The number of nitrogens with one attached hydrogen (secondary N) is 1. The van der Waals surface area contributed by atoms with Crippen LogP contribution >= 0.6 is 0 Å². The maximum atomic E-state index is 4.36. The molecule has 0 atom stereocenters. The molecule has 5 nitrogen and oxygen atoms in total. The Labute approximate surface area is 102 Å². The van der Waals surface area contributed by atoms with E-state index < -0.39 is 0 Å². The number of imidazole rings is 2. The second-order valence-corrected chi connectivity index (χ2v) is 4.46. The number of nitrogens with zero attached hydrogens (tertiary/aromatic N) is 4. The van der Waals surface area contributed by atoms with Crippen molar-refractivity contribution >= 4 is 0 Å². The van der Waals surface area contributed by atoms with E-state index in [1.165, 1.54) is 0 Å². The van der Waals surface area contributed by atoms with Crippen LogP contribution in [0.5, 0.6) is 0 Å². The molecule has 0 aliphatic rings. The Morgan fingerprint density at radius 1 is 1.18 bits per heavy atom. The van der Waals surface area contributed by atoms with E-state index in [2.05, 4.69) is 33.7 Å². The van der Waals surface area contributed by atoms with Crippen LogP contribution in [0.1, 0.15) is 25.5 Å². The van der Waals surface area contributed by atoms with E-state index in [1.54, 1.807) is 0 Å². The molecule has 0 fully saturated rings. The SMILES string of the molecule is CC(C)NCc1nccn1Cc1nccn1C. The molecule has 0 saturated carbocycles. The molecule has 0 radical (unpaired) electrons. The van der Waals surface area contributed by atoms with E-state index in [0.717, 1.165) is 24.7 Å². The van der Waals surface area contributed by atoms with Crippen molar-refractivity contribution in [3.63, 3.8) is 0 Å². The van der Waals surface area contributed by atoms with Crippen LogP contribution in [0.4, 0.5) is 0 Å². The molecule has 0 aliphatic heterocycles.